The van der Waals surface area contributed by atoms with Crippen molar-refractivity contribution in [1.82, 2.24) is 15.6 Å². The average molecular weight is 472 g/mol. The fourth-order valence-corrected chi connectivity index (χ4v) is 3.26. The largest absolute Gasteiger partial charge is 0.357 e. The number of hydrogen-bond acceptors (Lipinski definition) is 3. The maximum absolute atomic E-state index is 4.69. The Hall–Kier alpha value is -1.15. The Morgan fingerprint density at radius 2 is 2.00 bits per heavy atom. The zero-order chi connectivity index (χ0) is 17.2. The number of halogens is 1. The van der Waals surface area contributed by atoms with Gasteiger partial charge < -0.3 is 10.6 Å². The van der Waals surface area contributed by atoms with Gasteiger partial charge in [0.25, 0.3) is 0 Å². The molecule has 0 amide bonds. The summed E-state index contributed by atoms with van der Waals surface area (Å²) in [6.45, 7) is 8.00. The van der Waals surface area contributed by atoms with Gasteiger partial charge in [-0.3, -0.25) is 4.99 Å². The van der Waals surface area contributed by atoms with Gasteiger partial charge in [-0.15, -0.1) is 35.3 Å². The summed E-state index contributed by atoms with van der Waals surface area (Å²) in [6, 6.07) is 10.7. The van der Waals surface area contributed by atoms with Crippen molar-refractivity contribution in [2.75, 3.05) is 13.1 Å². The molecule has 0 fully saturated rings. The van der Waals surface area contributed by atoms with E-state index in [1.54, 1.807) is 11.3 Å². The third-order valence-corrected chi connectivity index (χ3v) is 4.76. The van der Waals surface area contributed by atoms with Crippen LogP contribution in [-0.2, 0) is 6.42 Å². The van der Waals surface area contributed by atoms with Gasteiger partial charge in [0.1, 0.15) is 0 Å². The van der Waals surface area contributed by atoms with Crippen molar-refractivity contribution in [2.45, 2.75) is 46.1 Å². The molecule has 1 aromatic heterocycles. The maximum Gasteiger partial charge on any atom is 0.191 e. The van der Waals surface area contributed by atoms with Crippen molar-refractivity contribution in [3.05, 3.63) is 52.0 Å². The highest BCUT2D eigenvalue weighted by atomic mass is 127. The number of nitrogens with one attached hydrogen (secondary N) is 2. The number of aryl methyl sites for hydroxylation is 2. The van der Waals surface area contributed by atoms with Crippen molar-refractivity contribution in [2.24, 2.45) is 4.99 Å². The number of rotatable bonds is 8. The summed E-state index contributed by atoms with van der Waals surface area (Å²) in [5.74, 6) is 0.888. The lowest BCUT2D eigenvalue weighted by Gasteiger charge is -2.18. The van der Waals surface area contributed by atoms with Crippen molar-refractivity contribution >= 4 is 41.3 Å². The Morgan fingerprint density at radius 1 is 1.24 bits per heavy atom. The lowest BCUT2D eigenvalue weighted by Crippen LogP contribution is -2.38. The van der Waals surface area contributed by atoms with Gasteiger partial charge in [-0.25, -0.2) is 4.98 Å². The first-order valence-corrected chi connectivity index (χ1v) is 9.57. The minimum atomic E-state index is 0. The van der Waals surface area contributed by atoms with E-state index in [0.717, 1.165) is 44.0 Å². The fraction of sp³-hybridized carbons (Fsp3) is 0.474. The Balaban J connectivity index is 0.00000312. The Labute approximate surface area is 172 Å². The van der Waals surface area contributed by atoms with Crippen molar-refractivity contribution in [3.8, 4) is 0 Å². The van der Waals surface area contributed by atoms with E-state index in [0.29, 0.717) is 0 Å². The zero-order valence-corrected chi connectivity index (χ0v) is 18.4. The van der Waals surface area contributed by atoms with E-state index < -0.39 is 0 Å². The van der Waals surface area contributed by atoms with Crippen LogP contribution in [0.25, 0.3) is 0 Å². The van der Waals surface area contributed by atoms with E-state index in [1.807, 2.05) is 13.0 Å². The summed E-state index contributed by atoms with van der Waals surface area (Å²) in [4.78, 5) is 9.20. The molecule has 2 rings (SSSR count). The predicted octanol–water partition coefficient (Wildman–Crippen LogP) is 4.71. The molecule has 1 aromatic carbocycles. The van der Waals surface area contributed by atoms with Crippen LogP contribution in [0.2, 0.25) is 0 Å². The van der Waals surface area contributed by atoms with Gasteiger partial charge >= 0.3 is 0 Å². The van der Waals surface area contributed by atoms with Gasteiger partial charge in [-0.05, 0) is 45.6 Å². The fourth-order valence-electron chi connectivity index (χ4n) is 2.45. The van der Waals surface area contributed by atoms with E-state index in [1.165, 1.54) is 10.6 Å². The minimum absolute atomic E-state index is 0. The molecule has 2 aromatic rings. The number of hydrogen-bond donors (Lipinski definition) is 2. The van der Waals surface area contributed by atoms with E-state index in [9.17, 15) is 0 Å². The SMILES string of the molecule is CCNC(=NCCCCc1nc(C)cs1)NC(C)c1ccccc1.I. The summed E-state index contributed by atoms with van der Waals surface area (Å²) in [6.07, 6.45) is 3.26. The lowest BCUT2D eigenvalue weighted by molar-refractivity contribution is 0.677. The van der Waals surface area contributed by atoms with E-state index in [4.69, 9.17) is 4.99 Å². The Bertz CT molecular complexity index is 627. The number of guanidine groups is 1. The second-order valence-electron chi connectivity index (χ2n) is 5.88. The molecule has 0 aliphatic rings. The molecule has 0 bridgehead atoms. The molecule has 0 aliphatic heterocycles. The normalized spacial score (nSPS) is 12.4. The average Bonchev–Trinajstić information content (AvgIpc) is 3.00. The molecule has 0 radical (unpaired) electrons. The van der Waals surface area contributed by atoms with Crippen LogP contribution in [0.5, 0.6) is 0 Å². The molecular formula is C19H29IN4S. The van der Waals surface area contributed by atoms with Crippen LogP contribution in [0.15, 0.2) is 40.7 Å². The van der Waals surface area contributed by atoms with Gasteiger partial charge in [-0.1, -0.05) is 30.3 Å². The van der Waals surface area contributed by atoms with Gasteiger partial charge in [0, 0.05) is 24.2 Å². The first-order valence-electron chi connectivity index (χ1n) is 8.70. The summed E-state index contributed by atoms with van der Waals surface area (Å²) >= 11 is 1.76. The minimum Gasteiger partial charge on any atom is -0.357 e. The molecule has 2 N–H and O–H groups in total. The molecule has 25 heavy (non-hydrogen) atoms. The van der Waals surface area contributed by atoms with Crippen LogP contribution in [0.1, 0.15) is 49.0 Å². The quantitative estimate of drug-likeness (QED) is 0.253. The van der Waals surface area contributed by atoms with Gasteiger partial charge in [0.05, 0.1) is 11.0 Å². The molecule has 138 valence electrons. The van der Waals surface area contributed by atoms with Crippen molar-refractivity contribution < 1.29 is 0 Å². The van der Waals surface area contributed by atoms with Crippen LogP contribution in [0.4, 0.5) is 0 Å². The molecule has 1 heterocycles. The summed E-state index contributed by atoms with van der Waals surface area (Å²) < 4.78 is 0. The van der Waals surface area contributed by atoms with Crippen molar-refractivity contribution in [1.29, 1.82) is 0 Å². The van der Waals surface area contributed by atoms with Crippen LogP contribution >= 0.6 is 35.3 Å². The van der Waals surface area contributed by atoms with Crippen LogP contribution < -0.4 is 10.6 Å². The number of aliphatic imine (C=N–C) groups is 1. The number of unbranched alkanes of at least 4 members (excludes halogenated alkanes) is 1. The second kappa shape index (κ2) is 12.2. The third kappa shape index (κ3) is 8.18. The molecule has 1 atom stereocenters. The Kier molecular flexibility index (Phi) is 10.7. The second-order valence-corrected chi connectivity index (χ2v) is 6.82. The number of aromatic nitrogens is 1. The topological polar surface area (TPSA) is 49.3 Å². The molecular weight excluding hydrogens is 443 g/mol. The van der Waals surface area contributed by atoms with Gasteiger partial charge in [-0.2, -0.15) is 0 Å². The Morgan fingerprint density at radius 3 is 2.64 bits per heavy atom. The maximum atomic E-state index is 4.69. The summed E-state index contributed by atoms with van der Waals surface area (Å²) in [5.41, 5.74) is 2.39. The number of benzene rings is 1. The molecule has 6 heteroatoms. The third-order valence-electron chi connectivity index (χ3n) is 3.73. The monoisotopic (exact) mass is 472 g/mol. The highest BCUT2D eigenvalue weighted by Gasteiger charge is 2.06. The van der Waals surface area contributed by atoms with Crippen LogP contribution in [0, 0.1) is 6.92 Å². The van der Waals surface area contributed by atoms with E-state index in [2.05, 4.69) is 59.1 Å². The van der Waals surface area contributed by atoms with Gasteiger partial charge in [0.15, 0.2) is 5.96 Å². The lowest BCUT2D eigenvalue weighted by atomic mass is 10.1. The predicted molar refractivity (Wildman–Crippen MR) is 119 cm³/mol. The first-order chi connectivity index (χ1) is 11.7. The number of thiazole rings is 1. The molecule has 0 saturated carbocycles. The molecule has 4 nitrogen and oxygen atoms in total. The number of nitrogens with zero attached hydrogens (tertiary/aromatic N) is 2. The zero-order valence-electron chi connectivity index (χ0n) is 15.3. The van der Waals surface area contributed by atoms with Crippen molar-refractivity contribution in [3.63, 3.8) is 0 Å². The highest BCUT2D eigenvalue weighted by Crippen LogP contribution is 2.12. The van der Waals surface area contributed by atoms with E-state index in [-0.39, 0.29) is 30.0 Å². The molecule has 0 spiro atoms. The first kappa shape index (κ1) is 21.9. The highest BCUT2D eigenvalue weighted by molar-refractivity contribution is 14.0. The molecule has 0 saturated heterocycles. The van der Waals surface area contributed by atoms with Crippen LogP contribution in [-0.4, -0.2) is 24.0 Å². The standard InChI is InChI=1S/C19H28N4S.HI/c1-4-20-19(23-16(3)17-10-6-5-7-11-17)21-13-9-8-12-18-22-15(2)14-24-18;/h5-7,10-11,14,16H,4,8-9,12-13H2,1-3H3,(H2,20,21,23);1H. The van der Waals surface area contributed by atoms with E-state index >= 15 is 0 Å². The smallest absolute Gasteiger partial charge is 0.191 e. The molecule has 1 unspecified atom stereocenters. The van der Waals surface area contributed by atoms with Gasteiger partial charge in [0.2, 0.25) is 0 Å². The van der Waals surface area contributed by atoms with Crippen LogP contribution in [0.3, 0.4) is 0 Å². The molecule has 0 aliphatic carbocycles. The summed E-state index contributed by atoms with van der Waals surface area (Å²) in [7, 11) is 0. The summed E-state index contributed by atoms with van der Waals surface area (Å²) in [5, 5.41) is 10.2.